The van der Waals surface area contributed by atoms with Gasteiger partial charge in [-0.1, -0.05) is 6.08 Å². The number of nitrogens with zero attached hydrogens (tertiary/aromatic N) is 3. The Morgan fingerprint density at radius 1 is 1.25 bits per heavy atom. The number of hydrogen-bond donors (Lipinski definition) is 1. The van der Waals surface area contributed by atoms with Gasteiger partial charge in [0.25, 0.3) is 5.91 Å². The first-order valence-corrected chi connectivity index (χ1v) is 8.70. The summed E-state index contributed by atoms with van der Waals surface area (Å²) in [6, 6.07) is 6.30. The highest BCUT2D eigenvalue weighted by Gasteiger charge is 2.34. The smallest absolute Gasteiger partial charge is 0.262 e. The Balaban J connectivity index is 1.78. The third-order valence-electron chi connectivity index (χ3n) is 5.07. The Kier molecular flexibility index (Phi) is 3.45. The molecule has 0 saturated heterocycles. The van der Waals surface area contributed by atoms with Crippen LogP contribution >= 0.6 is 0 Å². The van der Waals surface area contributed by atoms with Crippen LogP contribution < -0.4 is 10.5 Å². The lowest BCUT2D eigenvalue weighted by molar-refractivity contribution is 0.0831. The highest BCUT2D eigenvalue weighted by Crippen LogP contribution is 2.40. The summed E-state index contributed by atoms with van der Waals surface area (Å²) in [7, 11) is 1.48. The lowest BCUT2D eigenvalue weighted by Gasteiger charge is -2.19. The van der Waals surface area contributed by atoms with E-state index in [1.54, 1.807) is 29.3 Å². The molecule has 138 valence electrons. The van der Waals surface area contributed by atoms with Crippen molar-refractivity contribution in [3.05, 3.63) is 71.5 Å². The van der Waals surface area contributed by atoms with Gasteiger partial charge in [-0.3, -0.25) is 4.79 Å². The standard InChI is InChI=1S/C21H15FN4O2/c1-28-20-12(6-3-9-24-20)16-14(22)8-7-13-18(23)17-15(25-19(13)16)10-26(21(17)27)11-4-2-5-11/h2-9H,10H2,1H3,(H2,23,25). The van der Waals surface area contributed by atoms with Crippen molar-refractivity contribution in [3.63, 3.8) is 0 Å². The van der Waals surface area contributed by atoms with Gasteiger partial charge in [-0.2, -0.15) is 0 Å². The van der Waals surface area contributed by atoms with Gasteiger partial charge in [0.05, 0.1) is 36.1 Å². The normalized spacial score (nSPS) is 14.9. The zero-order chi connectivity index (χ0) is 19.4. The van der Waals surface area contributed by atoms with Crippen molar-refractivity contribution in [2.24, 2.45) is 0 Å². The van der Waals surface area contributed by atoms with Crippen molar-refractivity contribution in [1.29, 1.82) is 0 Å². The number of ether oxygens (including phenoxy) is 1. The van der Waals surface area contributed by atoms with Gasteiger partial charge in [0, 0.05) is 28.4 Å². The molecule has 0 unspecified atom stereocenters. The van der Waals surface area contributed by atoms with Crippen LogP contribution in [0.2, 0.25) is 0 Å². The highest BCUT2D eigenvalue weighted by molar-refractivity contribution is 6.12. The largest absolute Gasteiger partial charge is 0.481 e. The van der Waals surface area contributed by atoms with Crippen LogP contribution in [0.15, 0.2) is 54.4 Å². The average Bonchev–Trinajstić information content (AvgIpc) is 2.97. The van der Waals surface area contributed by atoms with Crippen LogP contribution in [-0.4, -0.2) is 27.9 Å². The minimum atomic E-state index is -0.462. The molecule has 6 nitrogen and oxygen atoms in total. The van der Waals surface area contributed by atoms with Gasteiger partial charge in [0.15, 0.2) is 0 Å². The van der Waals surface area contributed by atoms with Gasteiger partial charge in [-0.25, -0.2) is 14.4 Å². The Labute approximate surface area is 159 Å². The lowest BCUT2D eigenvalue weighted by atomic mass is 9.99. The number of rotatable bonds is 3. The first kappa shape index (κ1) is 16.4. The number of carbonyl (C=O) groups excluding carboxylic acids is 1. The third-order valence-corrected chi connectivity index (χ3v) is 5.07. The van der Waals surface area contributed by atoms with Crippen LogP contribution in [0.4, 0.5) is 10.1 Å². The van der Waals surface area contributed by atoms with E-state index in [0.29, 0.717) is 40.0 Å². The SMILES string of the molecule is COc1ncccc1-c1c(F)ccc2c(N)c3c(nc12)CN(C1=CC=C1)C3=O. The second kappa shape index (κ2) is 5.88. The summed E-state index contributed by atoms with van der Waals surface area (Å²) in [5.41, 5.74) is 9.50. The van der Waals surface area contributed by atoms with E-state index in [1.165, 1.54) is 13.2 Å². The predicted octanol–water partition coefficient (Wildman–Crippen LogP) is 3.44. The molecule has 1 aliphatic carbocycles. The van der Waals surface area contributed by atoms with Crippen molar-refractivity contribution in [3.8, 4) is 17.0 Å². The minimum Gasteiger partial charge on any atom is -0.481 e. The van der Waals surface area contributed by atoms with Crippen LogP contribution in [0.3, 0.4) is 0 Å². The number of allylic oxidation sites excluding steroid dienone is 3. The minimum absolute atomic E-state index is 0.192. The number of halogens is 1. The van der Waals surface area contributed by atoms with E-state index < -0.39 is 5.82 Å². The predicted molar refractivity (Wildman–Crippen MR) is 103 cm³/mol. The molecule has 2 aromatic heterocycles. The fourth-order valence-electron chi connectivity index (χ4n) is 3.66. The molecule has 0 fully saturated rings. The monoisotopic (exact) mass is 374 g/mol. The van der Waals surface area contributed by atoms with Crippen molar-refractivity contribution in [2.45, 2.75) is 6.54 Å². The quantitative estimate of drug-likeness (QED) is 0.760. The summed E-state index contributed by atoms with van der Waals surface area (Å²) >= 11 is 0. The molecule has 0 bridgehead atoms. The maximum Gasteiger partial charge on any atom is 0.262 e. The number of aromatic nitrogens is 2. The second-order valence-corrected chi connectivity index (χ2v) is 6.57. The maximum atomic E-state index is 14.9. The summed E-state index contributed by atoms with van der Waals surface area (Å²) < 4.78 is 20.2. The second-order valence-electron chi connectivity index (χ2n) is 6.57. The number of carbonyl (C=O) groups is 1. The molecular weight excluding hydrogens is 359 g/mol. The van der Waals surface area contributed by atoms with Gasteiger partial charge in [0.1, 0.15) is 5.82 Å². The fraction of sp³-hybridized carbons (Fsp3) is 0.0952. The number of pyridine rings is 2. The number of nitrogens with two attached hydrogens (primary N) is 1. The van der Waals surface area contributed by atoms with Gasteiger partial charge >= 0.3 is 0 Å². The van der Waals surface area contributed by atoms with Gasteiger partial charge in [-0.15, -0.1) is 0 Å². The molecule has 3 aromatic rings. The molecule has 0 radical (unpaired) electrons. The van der Waals surface area contributed by atoms with E-state index >= 15 is 0 Å². The number of benzene rings is 1. The number of hydrogen-bond acceptors (Lipinski definition) is 5. The van der Waals surface area contributed by atoms with E-state index in [9.17, 15) is 9.18 Å². The highest BCUT2D eigenvalue weighted by atomic mass is 19.1. The maximum absolute atomic E-state index is 14.9. The van der Waals surface area contributed by atoms with Crippen LogP contribution in [0.1, 0.15) is 16.1 Å². The number of methoxy groups -OCH3 is 1. The fourth-order valence-corrected chi connectivity index (χ4v) is 3.66. The van der Waals surface area contributed by atoms with E-state index in [4.69, 9.17) is 10.5 Å². The van der Waals surface area contributed by atoms with Gasteiger partial charge in [-0.05, 0) is 36.4 Å². The molecule has 0 spiro atoms. The molecule has 1 amide bonds. The summed E-state index contributed by atoms with van der Waals surface area (Å²) in [6.45, 7) is 0.296. The molecule has 7 heteroatoms. The van der Waals surface area contributed by atoms with E-state index in [2.05, 4.69) is 9.97 Å². The van der Waals surface area contributed by atoms with Crippen LogP contribution in [0.5, 0.6) is 5.88 Å². The summed E-state index contributed by atoms with van der Waals surface area (Å²) in [5.74, 6) is -0.365. The summed E-state index contributed by atoms with van der Waals surface area (Å²) in [4.78, 5) is 23.3. The molecule has 0 saturated carbocycles. The van der Waals surface area contributed by atoms with Crippen LogP contribution in [0, 0.1) is 5.82 Å². The molecule has 3 heterocycles. The van der Waals surface area contributed by atoms with Crippen LogP contribution in [-0.2, 0) is 6.54 Å². The molecule has 1 aliphatic heterocycles. The summed E-state index contributed by atoms with van der Waals surface area (Å²) in [5, 5.41) is 0.523. The molecule has 2 aliphatic rings. The molecule has 0 atom stereocenters. The number of anilines is 1. The molecular formula is C21H15FN4O2. The van der Waals surface area contributed by atoms with E-state index in [-0.39, 0.29) is 17.4 Å². The molecule has 28 heavy (non-hydrogen) atoms. The Morgan fingerprint density at radius 2 is 2.07 bits per heavy atom. The van der Waals surface area contributed by atoms with Crippen molar-refractivity contribution >= 4 is 22.5 Å². The first-order chi connectivity index (χ1) is 13.6. The molecule has 5 rings (SSSR count). The number of nitrogen functional groups attached to an aromatic ring is 1. The average molecular weight is 374 g/mol. The lowest BCUT2D eigenvalue weighted by Crippen LogP contribution is -2.24. The van der Waals surface area contributed by atoms with Crippen molar-refractivity contribution < 1.29 is 13.9 Å². The topological polar surface area (TPSA) is 81.3 Å². The number of fused-ring (bicyclic) bond motifs is 2. The Hall–Kier alpha value is -3.74. The zero-order valence-corrected chi connectivity index (χ0v) is 14.9. The van der Waals surface area contributed by atoms with E-state index in [1.807, 2.05) is 18.2 Å². The third kappa shape index (κ3) is 2.16. The van der Waals surface area contributed by atoms with Gasteiger partial charge in [0.2, 0.25) is 5.88 Å². The van der Waals surface area contributed by atoms with Crippen molar-refractivity contribution in [2.75, 3.05) is 12.8 Å². The van der Waals surface area contributed by atoms with Crippen LogP contribution in [0.25, 0.3) is 22.0 Å². The Bertz CT molecular complexity index is 1230. The molecule has 2 N–H and O–H groups in total. The van der Waals surface area contributed by atoms with Crippen molar-refractivity contribution in [1.82, 2.24) is 14.9 Å². The summed E-state index contributed by atoms with van der Waals surface area (Å²) in [6.07, 6.45) is 7.14. The molecule has 1 aromatic carbocycles. The number of amides is 1. The zero-order valence-electron chi connectivity index (χ0n) is 14.9. The Morgan fingerprint density at radius 3 is 2.79 bits per heavy atom. The van der Waals surface area contributed by atoms with Gasteiger partial charge < -0.3 is 15.4 Å². The first-order valence-electron chi connectivity index (χ1n) is 8.70. The van der Waals surface area contributed by atoms with E-state index in [0.717, 1.165) is 5.70 Å².